The summed E-state index contributed by atoms with van der Waals surface area (Å²) in [5, 5.41) is 33.6. The molecular formula is C40H61N5O7S. The van der Waals surface area contributed by atoms with Crippen molar-refractivity contribution >= 4 is 35.0 Å². The summed E-state index contributed by atoms with van der Waals surface area (Å²) in [5.41, 5.74) is 1.79. The van der Waals surface area contributed by atoms with Gasteiger partial charge in [-0.05, 0) is 51.0 Å². The van der Waals surface area contributed by atoms with Crippen LogP contribution in [0.3, 0.4) is 0 Å². The molecule has 1 saturated heterocycles. The Labute approximate surface area is 318 Å². The van der Waals surface area contributed by atoms with Crippen LogP contribution >= 0.6 is 11.3 Å². The molecule has 1 aromatic heterocycles. The van der Waals surface area contributed by atoms with Gasteiger partial charge in [-0.3, -0.25) is 19.2 Å². The summed E-state index contributed by atoms with van der Waals surface area (Å²) < 4.78 is 5.42. The van der Waals surface area contributed by atoms with Gasteiger partial charge in [0.15, 0.2) is 0 Å². The van der Waals surface area contributed by atoms with E-state index in [0.29, 0.717) is 51.4 Å². The first-order valence-corrected chi connectivity index (χ1v) is 20.4. The van der Waals surface area contributed by atoms with Crippen molar-refractivity contribution in [2.24, 2.45) is 17.8 Å². The number of hydrogen-bond donors (Lipinski definition) is 5. The van der Waals surface area contributed by atoms with Crippen LogP contribution in [0.25, 0.3) is 0 Å². The average molecular weight is 756 g/mol. The fraction of sp³-hybridized carbons (Fsp3) is 0.675. The second kappa shape index (κ2) is 21.5. The lowest BCUT2D eigenvalue weighted by molar-refractivity contribution is -0.140. The Balaban J connectivity index is 1.56. The highest BCUT2D eigenvalue weighted by atomic mass is 32.1. The van der Waals surface area contributed by atoms with Crippen LogP contribution in [-0.2, 0) is 36.8 Å². The first-order valence-electron chi connectivity index (χ1n) is 19.5. The van der Waals surface area contributed by atoms with Crippen LogP contribution in [0.2, 0.25) is 0 Å². The highest BCUT2D eigenvalue weighted by Crippen LogP contribution is 2.30. The molecule has 1 aromatic carbocycles. The fourth-order valence-corrected chi connectivity index (χ4v) is 7.94. The molecule has 2 aromatic rings. The third-order valence-electron chi connectivity index (χ3n) is 10.6. The van der Waals surface area contributed by atoms with E-state index in [1.54, 1.807) is 24.3 Å². The maximum atomic E-state index is 14.3. The quantitative estimate of drug-likeness (QED) is 0.127. The number of amides is 4. The highest BCUT2D eigenvalue weighted by molar-refractivity contribution is 7.07. The second-order valence-corrected chi connectivity index (χ2v) is 16.1. The van der Waals surface area contributed by atoms with Gasteiger partial charge in [-0.15, -0.1) is 11.3 Å². The van der Waals surface area contributed by atoms with E-state index < -0.39 is 47.4 Å². The third-order valence-corrected chi connectivity index (χ3v) is 11.2. The van der Waals surface area contributed by atoms with Crippen LogP contribution in [0.1, 0.15) is 96.2 Å². The number of aliphatic hydroxyl groups excluding tert-OH is 1. The molecule has 294 valence electrons. The predicted molar refractivity (Wildman–Crippen MR) is 205 cm³/mol. The first-order chi connectivity index (χ1) is 25.4. The SMILES string of the molecule is CCCCNC(=O)C(CC(O)C(CC1CCCCC1)NC(=O)C(Cc1cscn1)NC(=O)C(CC(=O)N1CCOCC1)Cc1ccccc1)C(C)(C)O. The topological polar surface area (TPSA) is 170 Å². The minimum Gasteiger partial charge on any atom is -0.391 e. The van der Waals surface area contributed by atoms with Crippen LogP contribution in [0, 0.1) is 17.8 Å². The van der Waals surface area contributed by atoms with Crippen molar-refractivity contribution < 1.29 is 34.1 Å². The van der Waals surface area contributed by atoms with Gasteiger partial charge in [0.1, 0.15) is 6.04 Å². The number of carbonyl (C=O) groups is 4. The van der Waals surface area contributed by atoms with Gasteiger partial charge in [-0.1, -0.05) is 75.8 Å². The van der Waals surface area contributed by atoms with E-state index in [1.165, 1.54) is 11.3 Å². The number of benzene rings is 1. The van der Waals surface area contributed by atoms with Crippen LogP contribution in [0.5, 0.6) is 0 Å². The van der Waals surface area contributed by atoms with Gasteiger partial charge in [-0.2, -0.15) is 0 Å². The molecule has 0 spiro atoms. The Bertz CT molecular complexity index is 1410. The number of unbranched alkanes of at least 4 members (excludes halogenated alkanes) is 1. The maximum absolute atomic E-state index is 14.3. The Hall–Kier alpha value is -3.39. The summed E-state index contributed by atoms with van der Waals surface area (Å²) in [6.45, 7) is 7.46. The van der Waals surface area contributed by atoms with Gasteiger partial charge < -0.3 is 35.8 Å². The number of nitrogens with one attached hydrogen (secondary N) is 3. The van der Waals surface area contributed by atoms with Crippen LogP contribution in [-0.4, -0.2) is 100 Å². The number of aliphatic hydroxyl groups is 2. The summed E-state index contributed by atoms with van der Waals surface area (Å²) in [4.78, 5) is 61.2. The van der Waals surface area contributed by atoms with E-state index in [0.717, 1.165) is 50.5 Å². The van der Waals surface area contributed by atoms with E-state index >= 15 is 0 Å². The van der Waals surface area contributed by atoms with E-state index in [1.807, 2.05) is 42.6 Å². The zero-order chi connectivity index (χ0) is 38.2. The van der Waals surface area contributed by atoms with Gasteiger partial charge in [0.2, 0.25) is 23.6 Å². The van der Waals surface area contributed by atoms with Gasteiger partial charge in [-0.25, -0.2) is 4.98 Å². The number of nitrogens with zero attached hydrogens (tertiary/aromatic N) is 2. The van der Waals surface area contributed by atoms with Crippen molar-refractivity contribution in [3.05, 3.63) is 52.5 Å². The monoisotopic (exact) mass is 755 g/mol. The number of hydrogen-bond acceptors (Lipinski definition) is 9. The van der Waals surface area contributed by atoms with Crippen molar-refractivity contribution in [2.45, 2.75) is 122 Å². The van der Waals surface area contributed by atoms with Crippen LogP contribution in [0.15, 0.2) is 41.2 Å². The molecule has 4 rings (SSSR count). The summed E-state index contributed by atoms with van der Waals surface area (Å²) in [5.74, 6) is -2.74. The first kappa shape index (κ1) is 42.4. The molecule has 0 radical (unpaired) electrons. The van der Waals surface area contributed by atoms with Gasteiger partial charge in [0.05, 0.1) is 54.0 Å². The van der Waals surface area contributed by atoms with E-state index in [-0.39, 0.29) is 37.0 Å². The summed E-state index contributed by atoms with van der Waals surface area (Å²) in [6.07, 6.45) is 6.67. The lowest BCUT2D eigenvalue weighted by atomic mass is 9.80. The minimum absolute atomic E-state index is 0.0204. The molecule has 2 heterocycles. The Morgan fingerprint density at radius 2 is 1.72 bits per heavy atom. The zero-order valence-electron chi connectivity index (χ0n) is 31.8. The van der Waals surface area contributed by atoms with E-state index in [4.69, 9.17) is 4.74 Å². The predicted octanol–water partition coefficient (Wildman–Crippen LogP) is 3.79. The molecule has 5 unspecified atom stereocenters. The largest absolute Gasteiger partial charge is 0.391 e. The smallest absolute Gasteiger partial charge is 0.243 e. The van der Waals surface area contributed by atoms with E-state index in [2.05, 4.69) is 20.9 Å². The van der Waals surface area contributed by atoms with Crippen molar-refractivity contribution in [1.82, 2.24) is 25.8 Å². The number of morpholine rings is 1. The molecule has 2 aliphatic rings. The molecular weight excluding hydrogens is 695 g/mol. The van der Waals surface area contributed by atoms with Gasteiger partial charge >= 0.3 is 0 Å². The fourth-order valence-electron chi connectivity index (χ4n) is 7.37. The lowest BCUT2D eigenvalue weighted by Gasteiger charge is -2.35. The number of rotatable bonds is 20. The lowest BCUT2D eigenvalue weighted by Crippen LogP contribution is -2.56. The van der Waals surface area contributed by atoms with E-state index in [9.17, 15) is 29.4 Å². The normalized spacial score (nSPS) is 18.3. The second-order valence-electron chi connectivity index (χ2n) is 15.3. The highest BCUT2D eigenvalue weighted by Gasteiger charge is 2.39. The molecule has 1 aliphatic carbocycles. The molecule has 4 amide bonds. The van der Waals surface area contributed by atoms with Crippen LogP contribution in [0.4, 0.5) is 0 Å². The molecule has 0 bridgehead atoms. The molecule has 1 saturated carbocycles. The number of ether oxygens (including phenoxy) is 1. The summed E-state index contributed by atoms with van der Waals surface area (Å²) >= 11 is 1.39. The zero-order valence-corrected chi connectivity index (χ0v) is 32.6. The average Bonchev–Trinajstić information content (AvgIpc) is 3.67. The Morgan fingerprint density at radius 3 is 2.36 bits per heavy atom. The van der Waals surface area contributed by atoms with Crippen LogP contribution < -0.4 is 16.0 Å². The third kappa shape index (κ3) is 14.1. The Kier molecular flexibility index (Phi) is 17.2. The molecule has 13 heteroatoms. The molecule has 2 fully saturated rings. The standard InChI is InChI=1S/C40H61N5O7S/c1-4-5-16-41-38(49)32(40(2,3)51)25-35(46)33(22-29-14-10-7-11-15-29)43-39(50)34(24-31-26-53-27-42-31)44-37(48)30(21-28-12-8-6-9-13-28)23-36(47)45-17-19-52-20-18-45/h6,8-9,12-13,26-27,29-30,32-35,46,51H,4-5,7,10-11,14-25H2,1-3H3,(H,41,49)(H,43,50)(H,44,48). The number of carbonyl (C=O) groups excluding carboxylic acids is 4. The maximum Gasteiger partial charge on any atom is 0.243 e. The van der Waals surface area contributed by atoms with Gasteiger partial charge in [0, 0.05) is 37.9 Å². The molecule has 5 atom stereocenters. The minimum atomic E-state index is -1.41. The molecule has 1 aliphatic heterocycles. The molecule has 12 nitrogen and oxygen atoms in total. The number of thiazole rings is 1. The molecule has 5 N–H and O–H groups in total. The Morgan fingerprint density at radius 1 is 1.00 bits per heavy atom. The van der Waals surface area contributed by atoms with Crippen molar-refractivity contribution in [2.75, 3.05) is 32.8 Å². The summed E-state index contributed by atoms with van der Waals surface area (Å²) in [7, 11) is 0. The van der Waals surface area contributed by atoms with Crippen molar-refractivity contribution in [3.8, 4) is 0 Å². The number of aromatic nitrogens is 1. The van der Waals surface area contributed by atoms with Crippen molar-refractivity contribution in [1.29, 1.82) is 0 Å². The van der Waals surface area contributed by atoms with Gasteiger partial charge in [0.25, 0.3) is 0 Å². The summed E-state index contributed by atoms with van der Waals surface area (Å²) in [6, 6.07) is 7.75. The van der Waals surface area contributed by atoms with Crippen molar-refractivity contribution in [3.63, 3.8) is 0 Å². The molecule has 53 heavy (non-hydrogen) atoms.